The van der Waals surface area contributed by atoms with E-state index in [1.807, 2.05) is 0 Å². The lowest BCUT2D eigenvalue weighted by atomic mass is 10.2. The van der Waals surface area contributed by atoms with Crippen molar-refractivity contribution in [3.63, 3.8) is 0 Å². The van der Waals surface area contributed by atoms with Crippen molar-refractivity contribution in [3.05, 3.63) is 35.6 Å². The molecule has 1 saturated carbocycles. The number of ether oxygens (including phenoxy) is 2. The molecule has 0 unspecified atom stereocenters. The van der Waals surface area contributed by atoms with Crippen LogP contribution in [0.5, 0.6) is 0 Å². The van der Waals surface area contributed by atoms with E-state index in [0.717, 1.165) is 12.8 Å². The predicted molar refractivity (Wildman–Crippen MR) is 72.2 cm³/mol. The highest BCUT2D eigenvalue weighted by Gasteiger charge is 2.22. The van der Waals surface area contributed by atoms with Crippen molar-refractivity contribution in [3.8, 4) is 0 Å². The van der Waals surface area contributed by atoms with Crippen molar-refractivity contribution in [2.75, 3.05) is 20.3 Å². The molecule has 108 valence electrons. The van der Waals surface area contributed by atoms with Gasteiger partial charge in [0.2, 0.25) is 0 Å². The fourth-order valence-electron chi connectivity index (χ4n) is 1.50. The number of methoxy groups -OCH3 is 1. The number of carbonyl (C=O) groups excluding carboxylic acids is 1. The maximum Gasteiger partial charge on any atom is 0.292 e. The highest BCUT2D eigenvalue weighted by Crippen LogP contribution is 2.23. The molecule has 1 aliphatic carbocycles. The third-order valence-electron chi connectivity index (χ3n) is 2.68. The molecule has 0 spiro atoms. The smallest absolute Gasteiger partial charge is 0.292 e. The highest BCUT2D eigenvalue weighted by atomic mass is 19.1. The maximum atomic E-state index is 13.1. The molecule has 6 heteroatoms. The summed E-state index contributed by atoms with van der Waals surface area (Å²) >= 11 is 0. The van der Waals surface area contributed by atoms with E-state index >= 15 is 0 Å². The van der Waals surface area contributed by atoms with Gasteiger partial charge in [0.15, 0.2) is 0 Å². The van der Waals surface area contributed by atoms with Gasteiger partial charge in [-0.3, -0.25) is 10.1 Å². The van der Waals surface area contributed by atoms with Crippen LogP contribution in [0.15, 0.2) is 29.3 Å². The molecule has 0 heterocycles. The normalized spacial score (nSPS) is 15.0. The molecule has 2 rings (SSSR count). The van der Waals surface area contributed by atoms with Gasteiger partial charge < -0.3 is 9.47 Å². The lowest BCUT2D eigenvalue weighted by Crippen LogP contribution is -2.33. The Labute approximate surface area is 116 Å². The molecule has 1 aliphatic rings. The molecule has 1 amide bonds. The maximum absolute atomic E-state index is 13.1. The zero-order valence-corrected chi connectivity index (χ0v) is 11.3. The molecule has 0 aliphatic heterocycles. The third-order valence-corrected chi connectivity index (χ3v) is 2.68. The number of rotatable bonds is 5. The fraction of sp³-hybridized carbons (Fsp3) is 0.429. The number of aliphatic imine (C=N–C) groups is 1. The zero-order chi connectivity index (χ0) is 14.4. The van der Waals surface area contributed by atoms with Crippen LogP contribution in [0.2, 0.25) is 0 Å². The number of nitrogens with zero attached hydrogens (tertiary/aromatic N) is 1. The Bertz CT molecular complexity index is 501. The summed E-state index contributed by atoms with van der Waals surface area (Å²) in [4.78, 5) is 16.2. The molecule has 1 aromatic carbocycles. The summed E-state index contributed by atoms with van der Waals surface area (Å²) in [5, 5.41) is 2.56. The van der Waals surface area contributed by atoms with Gasteiger partial charge in [-0.15, -0.1) is 0 Å². The molecule has 1 N–H and O–H groups in total. The number of amidine groups is 1. The van der Waals surface area contributed by atoms with E-state index < -0.39 is 11.7 Å². The summed E-state index contributed by atoms with van der Waals surface area (Å²) in [5.74, 6) is -0.903. The van der Waals surface area contributed by atoms with Gasteiger partial charge in [0, 0.05) is 12.7 Å². The summed E-state index contributed by atoms with van der Waals surface area (Å²) in [7, 11) is 1.56. The molecule has 1 fully saturated rings. The lowest BCUT2D eigenvalue weighted by molar-refractivity contribution is 0.0953. The molecule has 0 saturated heterocycles. The van der Waals surface area contributed by atoms with E-state index in [-0.39, 0.29) is 17.6 Å². The first-order valence-electron chi connectivity index (χ1n) is 6.45. The number of amides is 1. The number of hydrogen-bond acceptors (Lipinski definition) is 4. The Hall–Kier alpha value is -1.95. The van der Waals surface area contributed by atoms with Crippen molar-refractivity contribution < 1.29 is 18.7 Å². The number of hydrogen-bond donors (Lipinski definition) is 1. The van der Waals surface area contributed by atoms with Crippen molar-refractivity contribution >= 4 is 11.9 Å². The van der Waals surface area contributed by atoms with E-state index in [9.17, 15) is 9.18 Å². The van der Waals surface area contributed by atoms with Crippen LogP contribution in [0, 0.1) is 5.82 Å². The Morgan fingerprint density at radius 3 is 2.90 bits per heavy atom. The molecule has 0 atom stereocenters. The molecule has 20 heavy (non-hydrogen) atoms. The van der Waals surface area contributed by atoms with Crippen LogP contribution in [0.3, 0.4) is 0 Å². The first kappa shape index (κ1) is 14.5. The summed E-state index contributed by atoms with van der Waals surface area (Å²) in [6, 6.07) is 5.83. The minimum absolute atomic E-state index is 0.166. The highest BCUT2D eigenvalue weighted by molar-refractivity contribution is 6.04. The van der Waals surface area contributed by atoms with Crippen LogP contribution >= 0.6 is 0 Å². The number of halogens is 1. The van der Waals surface area contributed by atoms with E-state index in [0.29, 0.717) is 13.2 Å². The second kappa shape index (κ2) is 7.00. The SMILES string of the molecule is COCCOC(=NC1CC1)NC(=O)c1cccc(F)c1. The van der Waals surface area contributed by atoms with Gasteiger partial charge in [-0.05, 0) is 31.0 Å². The van der Waals surface area contributed by atoms with Gasteiger partial charge in [-0.2, -0.15) is 0 Å². The summed E-state index contributed by atoms with van der Waals surface area (Å²) < 4.78 is 23.3. The predicted octanol–water partition coefficient (Wildman–Crippen LogP) is 1.74. The van der Waals surface area contributed by atoms with Gasteiger partial charge >= 0.3 is 0 Å². The van der Waals surface area contributed by atoms with Crippen LogP contribution < -0.4 is 5.32 Å². The van der Waals surface area contributed by atoms with Gasteiger partial charge in [0.1, 0.15) is 12.4 Å². The van der Waals surface area contributed by atoms with Crippen LogP contribution in [0.25, 0.3) is 0 Å². The van der Waals surface area contributed by atoms with Crippen LogP contribution in [-0.4, -0.2) is 38.3 Å². The van der Waals surface area contributed by atoms with E-state index in [2.05, 4.69) is 10.3 Å². The number of carbonyl (C=O) groups is 1. The minimum atomic E-state index is -0.460. The molecule has 1 aromatic rings. The average molecular weight is 280 g/mol. The molecular weight excluding hydrogens is 263 g/mol. The van der Waals surface area contributed by atoms with E-state index in [1.165, 1.54) is 24.3 Å². The van der Waals surface area contributed by atoms with Crippen molar-refractivity contribution in [1.29, 1.82) is 0 Å². The Balaban J connectivity index is 1.97. The van der Waals surface area contributed by atoms with Crippen LogP contribution in [0.4, 0.5) is 4.39 Å². The van der Waals surface area contributed by atoms with Crippen molar-refractivity contribution in [1.82, 2.24) is 5.32 Å². The number of nitrogens with one attached hydrogen (secondary N) is 1. The van der Waals surface area contributed by atoms with Gasteiger partial charge in [-0.25, -0.2) is 9.38 Å². The fourth-order valence-corrected chi connectivity index (χ4v) is 1.50. The topological polar surface area (TPSA) is 59.9 Å². The summed E-state index contributed by atoms with van der Waals surface area (Å²) in [6.07, 6.45) is 1.99. The Kier molecular flexibility index (Phi) is 5.06. The summed E-state index contributed by atoms with van der Waals surface area (Å²) in [5.41, 5.74) is 0.226. The molecule has 0 bridgehead atoms. The first-order chi connectivity index (χ1) is 9.69. The van der Waals surface area contributed by atoms with Gasteiger partial charge in [0.05, 0.1) is 12.6 Å². The Morgan fingerprint density at radius 2 is 2.25 bits per heavy atom. The Morgan fingerprint density at radius 1 is 1.45 bits per heavy atom. The molecule has 0 radical (unpaired) electrons. The second-order valence-electron chi connectivity index (χ2n) is 4.47. The first-order valence-corrected chi connectivity index (χ1v) is 6.45. The van der Waals surface area contributed by atoms with Gasteiger partial charge in [-0.1, -0.05) is 6.07 Å². The van der Waals surface area contributed by atoms with Crippen LogP contribution in [-0.2, 0) is 9.47 Å². The van der Waals surface area contributed by atoms with E-state index in [4.69, 9.17) is 9.47 Å². The quantitative estimate of drug-likeness (QED) is 0.507. The van der Waals surface area contributed by atoms with Crippen molar-refractivity contribution in [2.24, 2.45) is 4.99 Å². The molecule has 0 aromatic heterocycles. The standard InChI is InChI=1S/C14H17FN2O3/c1-19-7-8-20-14(16-12-5-6-12)17-13(18)10-3-2-4-11(15)9-10/h2-4,9,12H,5-8H2,1H3,(H,16,17,18). The molecular formula is C14H17FN2O3. The number of benzene rings is 1. The molecule has 5 nitrogen and oxygen atoms in total. The minimum Gasteiger partial charge on any atom is -0.463 e. The summed E-state index contributed by atoms with van der Waals surface area (Å²) in [6.45, 7) is 0.699. The largest absolute Gasteiger partial charge is 0.463 e. The average Bonchev–Trinajstić information content (AvgIpc) is 3.23. The van der Waals surface area contributed by atoms with Gasteiger partial charge in [0.25, 0.3) is 11.9 Å². The monoisotopic (exact) mass is 280 g/mol. The lowest BCUT2D eigenvalue weighted by Gasteiger charge is -2.10. The van der Waals surface area contributed by atoms with Crippen LogP contribution in [0.1, 0.15) is 23.2 Å². The van der Waals surface area contributed by atoms with E-state index in [1.54, 1.807) is 7.11 Å². The third kappa shape index (κ3) is 4.62. The van der Waals surface area contributed by atoms with Crippen molar-refractivity contribution in [2.45, 2.75) is 18.9 Å². The zero-order valence-electron chi connectivity index (χ0n) is 11.3. The second-order valence-corrected chi connectivity index (χ2v) is 4.47.